The van der Waals surface area contributed by atoms with Crippen LogP contribution in [0.3, 0.4) is 0 Å². The Balaban J connectivity index is 0.896. The molecule has 2 aliphatic rings. The molecular weight excluding hydrogens is 921 g/mol. The Morgan fingerprint density at radius 2 is 0.627 bits per heavy atom. The summed E-state index contributed by atoms with van der Waals surface area (Å²) in [6.45, 7) is 28.9. The molecule has 0 spiro atoms. The maximum Gasteiger partial charge on any atom is 0.139 e. The number of nitrogens with zero attached hydrogens (tertiary/aromatic N) is 6. The van der Waals surface area contributed by atoms with E-state index in [-0.39, 0.29) is 33.2 Å². The van der Waals surface area contributed by atoms with Crippen molar-refractivity contribution in [2.75, 3.05) is 39.6 Å². The lowest BCUT2D eigenvalue weighted by Gasteiger charge is -2.29. The highest BCUT2D eigenvalue weighted by Crippen LogP contribution is 2.49. The van der Waals surface area contributed by atoms with Gasteiger partial charge in [-0.25, -0.2) is 0 Å². The molecule has 0 radical (unpaired) electrons. The van der Waals surface area contributed by atoms with E-state index in [0.29, 0.717) is 20.0 Å². The van der Waals surface area contributed by atoms with Crippen molar-refractivity contribution in [3.63, 3.8) is 0 Å². The SMILES string of the molecule is CC(C)(C)c1ccc2c(c1)c1cc(C(C)(C)C)ccc1n2-c1ccc(O)c(N2CN(CN3CN(c4cc(-n5c6ccc(C(C)(C)C)cc6c6cc(C(C)(C)C)ccc65)ccc4O)c4ccccc43)c3ccccc32)c1. The minimum absolute atomic E-state index is 0.00385. The number of fused-ring (bicyclic) bond motifs is 8. The van der Waals surface area contributed by atoms with Crippen LogP contribution < -0.4 is 19.6 Å². The van der Waals surface area contributed by atoms with Crippen LogP contribution in [-0.4, -0.2) is 39.4 Å². The van der Waals surface area contributed by atoms with E-state index in [9.17, 15) is 10.2 Å². The van der Waals surface area contributed by atoms with Crippen LogP contribution in [0.5, 0.6) is 11.5 Å². The van der Waals surface area contributed by atoms with E-state index in [1.54, 1.807) is 0 Å². The van der Waals surface area contributed by atoms with E-state index in [2.05, 4.69) is 245 Å². The summed E-state index contributed by atoms with van der Waals surface area (Å²) >= 11 is 0. The lowest BCUT2D eigenvalue weighted by atomic mass is 9.85. The van der Waals surface area contributed by atoms with Gasteiger partial charge in [0.2, 0.25) is 0 Å². The molecule has 75 heavy (non-hydrogen) atoms. The summed E-state index contributed by atoms with van der Waals surface area (Å²) in [6.07, 6.45) is 0. The molecule has 2 N–H and O–H groups in total. The van der Waals surface area contributed by atoms with Crippen LogP contribution in [0.4, 0.5) is 34.1 Å². The van der Waals surface area contributed by atoms with Gasteiger partial charge in [0.05, 0.1) is 76.2 Å². The van der Waals surface area contributed by atoms with E-state index in [0.717, 1.165) is 67.6 Å². The molecule has 10 aromatic rings. The first-order valence-corrected chi connectivity index (χ1v) is 26.6. The number of para-hydroxylation sites is 4. The summed E-state index contributed by atoms with van der Waals surface area (Å²) < 4.78 is 4.72. The highest BCUT2D eigenvalue weighted by atomic mass is 16.3. The first-order chi connectivity index (χ1) is 35.5. The monoisotopic (exact) mass is 991 g/mol. The number of aromatic hydroxyl groups is 2. The molecule has 380 valence electrons. The van der Waals surface area contributed by atoms with Gasteiger partial charge in [-0.1, -0.05) is 132 Å². The highest BCUT2D eigenvalue weighted by molar-refractivity contribution is 6.11. The van der Waals surface area contributed by atoms with E-state index in [1.165, 1.54) is 43.8 Å². The number of benzene rings is 8. The van der Waals surface area contributed by atoms with Crippen LogP contribution in [0.15, 0.2) is 158 Å². The van der Waals surface area contributed by atoms with Crippen molar-refractivity contribution in [3.8, 4) is 22.9 Å². The zero-order chi connectivity index (χ0) is 52.7. The minimum atomic E-state index is -0.00385. The van der Waals surface area contributed by atoms with E-state index in [4.69, 9.17) is 0 Å². The molecule has 0 unspecified atom stereocenters. The smallest absolute Gasteiger partial charge is 0.139 e. The fourth-order valence-corrected chi connectivity index (χ4v) is 11.6. The number of phenolic OH excluding ortho intramolecular Hbond substituents is 2. The summed E-state index contributed by atoms with van der Waals surface area (Å²) in [5, 5.41) is 28.7. The molecule has 2 aliphatic heterocycles. The normalized spacial score (nSPS) is 14.3. The molecule has 8 heteroatoms. The summed E-state index contributed by atoms with van der Waals surface area (Å²) in [6, 6.07) is 56.8. The maximum absolute atomic E-state index is 11.9. The molecule has 0 bridgehead atoms. The first-order valence-electron chi connectivity index (χ1n) is 26.6. The number of hydrogen-bond acceptors (Lipinski definition) is 6. The third-order valence-electron chi connectivity index (χ3n) is 16.0. The van der Waals surface area contributed by atoms with Gasteiger partial charge in [0.15, 0.2) is 0 Å². The van der Waals surface area contributed by atoms with Crippen molar-refractivity contribution >= 4 is 77.7 Å². The third kappa shape index (κ3) is 8.03. The van der Waals surface area contributed by atoms with Crippen molar-refractivity contribution in [2.24, 2.45) is 0 Å². The average molecular weight is 991 g/mol. The molecular formula is C67H70N6O2. The Morgan fingerprint density at radius 3 is 0.920 bits per heavy atom. The Kier molecular flexibility index (Phi) is 10.8. The van der Waals surface area contributed by atoms with Crippen molar-refractivity contribution < 1.29 is 10.2 Å². The van der Waals surface area contributed by atoms with Gasteiger partial charge in [-0.05, 0) is 153 Å². The molecule has 0 saturated carbocycles. The third-order valence-corrected chi connectivity index (χ3v) is 16.0. The lowest BCUT2D eigenvalue weighted by Crippen LogP contribution is -2.40. The second-order valence-electron chi connectivity index (χ2n) is 25.3. The fraction of sp³-hybridized carbons (Fsp3) is 0.284. The van der Waals surface area contributed by atoms with Crippen LogP contribution in [0.2, 0.25) is 0 Å². The zero-order valence-corrected chi connectivity index (χ0v) is 45.7. The molecule has 12 rings (SSSR count). The van der Waals surface area contributed by atoms with Gasteiger partial charge in [0.25, 0.3) is 0 Å². The standard InChI is InChI=1S/C67H70N6O2/c1-64(2,3)42-21-27-52-48(33-42)49-34-43(65(4,5)6)22-28-53(49)72(52)46-25-31-62(74)60(37-46)70-40-68(56-17-13-15-19-58(56)70)39-69-41-71(59-20-16-14-18-57(59)69)61-38-47(26-32-63(61)75)73-54-29-23-44(66(7,8)9)35-50(54)51-36-45(67(10,11)12)24-30-55(51)73/h13-38,74-75H,39-41H2,1-12H3. The number of aromatic nitrogens is 2. The predicted octanol–water partition coefficient (Wildman–Crippen LogP) is 17.0. The summed E-state index contributed by atoms with van der Waals surface area (Å²) in [7, 11) is 0. The molecule has 0 atom stereocenters. The molecule has 0 amide bonds. The van der Waals surface area contributed by atoms with Gasteiger partial charge in [-0.15, -0.1) is 0 Å². The largest absolute Gasteiger partial charge is 0.506 e. The van der Waals surface area contributed by atoms with Gasteiger partial charge in [-0.3, -0.25) is 0 Å². The molecule has 0 aliphatic carbocycles. The maximum atomic E-state index is 11.9. The highest BCUT2D eigenvalue weighted by Gasteiger charge is 2.35. The Bertz CT molecular complexity index is 3530. The molecule has 8 aromatic carbocycles. The van der Waals surface area contributed by atoms with Crippen LogP contribution in [-0.2, 0) is 21.7 Å². The molecule has 2 aromatic heterocycles. The first kappa shape index (κ1) is 48.1. The van der Waals surface area contributed by atoms with Gasteiger partial charge in [-0.2, -0.15) is 0 Å². The molecule has 4 heterocycles. The van der Waals surface area contributed by atoms with Crippen LogP contribution >= 0.6 is 0 Å². The number of phenols is 2. The van der Waals surface area contributed by atoms with Crippen LogP contribution in [0, 0.1) is 0 Å². The fourth-order valence-electron chi connectivity index (χ4n) is 11.6. The second-order valence-corrected chi connectivity index (χ2v) is 25.3. The molecule has 8 nitrogen and oxygen atoms in total. The van der Waals surface area contributed by atoms with Gasteiger partial charge < -0.3 is 38.9 Å². The summed E-state index contributed by atoms with van der Waals surface area (Å²) in [5.74, 6) is 0.448. The van der Waals surface area contributed by atoms with Crippen molar-refractivity contribution in [1.29, 1.82) is 0 Å². The number of rotatable bonds is 6. The topological polar surface area (TPSA) is 63.3 Å². The summed E-state index contributed by atoms with van der Waals surface area (Å²) in [5.41, 5.74) is 17.4. The quantitative estimate of drug-likeness (QED) is 0.173. The van der Waals surface area contributed by atoms with Crippen molar-refractivity contribution in [3.05, 3.63) is 180 Å². The van der Waals surface area contributed by atoms with Crippen molar-refractivity contribution in [2.45, 2.75) is 105 Å². The lowest BCUT2D eigenvalue weighted by molar-refractivity contribution is 0.475. The molecule has 0 fully saturated rings. The predicted molar refractivity (Wildman–Crippen MR) is 316 cm³/mol. The van der Waals surface area contributed by atoms with Gasteiger partial charge in [0.1, 0.15) is 11.5 Å². The van der Waals surface area contributed by atoms with Crippen LogP contribution in [0.25, 0.3) is 55.0 Å². The Labute approximate surface area is 442 Å². The number of hydrogen-bond donors (Lipinski definition) is 2. The second kappa shape index (κ2) is 16.8. The van der Waals surface area contributed by atoms with Gasteiger partial charge >= 0.3 is 0 Å². The Morgan fingerprint density at radius 1 is 0.333 bits per heavy atom. The van der Waals surface area contributed by atoms with Gasteiger partial charge in [0, 0.05) is 32.9 Å². The van der Waals surface area contributed by atoms with Crippen molar-refractivity contribution in [1.82, 2.24) is 9.13 Å². The van der Waals surface area contributed by atoms with Crippen LogP contribution in [0.1, 0.15) is 105 Å². The minimum Gasteiger partial charge on any atom is -0.506 e. The van der Waals surface area contributed by atoms with E-state index in [1.807, 2.05) is 24.3 Å². The Hall–Kier alpha value is -7.84. The van der Waals surface area contributed by atoms with E-state index >= 15 is 0 Å². The average Bonchev–Trinajstić information content (AvgIpc) is 4.13. The zero-order valence-electron chi connectivity index (χ0n) is 45.7. The van der Waals surface area contributed by atoms with E-state index < -0.39 is 0 Å². The molecule has 0 saturated heterocycles. The number of anilines is 6. The summed E-state index contributed by atoms with van der Waals surface area (Å²) in [4.78, 5) is 9.26.